The Labute approximate surface area is 105 Å². The van der Waals surface area contributed by atoms with Gasteiger partial charge in [-0.25, -0.2) is 4.98 Å². The van der Waals surface area contributed by atoms with Crippen LogP contribution in [0.4, 0.5) is 5.82 Å². The Morgan fingerprint density at radius 3 is 2.67 bits per heavy atom. The molecule has 2 aromatic rings. The van der Waals surface area contributed by atoms with Gasteiger partial charge < -0.3 is 9.84 Å². The van der Waals surface area contributed by atoms with E-state index in [1.165, 1.54) is 0 Å². The third-order valence-corrected chi connectivity index (χ3v) is 2.39. The maximum Gasteiger partial charge on any atom is 0.279 e. The summed E-state index contributed by atoms with van der Waals surface area (Å²) >= 11 is 0. The zero-order chi connectivity index (χ0) is 13.2. The van der Waals surface area contributed by atoms with Crippen molar-refractivity contribution in [3.8, 4) is 0 Å². The van der Waals surface area contributed by atoms with Crippen molar-refractivity contribution >= 4 is 11.7 Å². The molecule has 1 amide bonds. The van der Waals surface area contributed by atoms with Crippen LogP contribution in [0.15, 0.2) is 35.0 Å². The molecule has 2 heterocycles. The van der Waals surface area contributed by atoms with Crippen molar-refractivity contribution in [3.05, 3.63) is 41.9 Å². The number of pyridine rings is 1. The van der Waals surface area contributed by atoms with E-state index in [4.69, 9.17) is 4.52 Å². The maximum absolute atomic E-state index is 11.9. The molecule has 2 rings (SSSR count). The fraction of sp³-hybridized carbons (Fsp3) is 0.308. The summed E-state index contributed by atoms with van der Waals surface area (Å²) in [5, 5.41) is 6.41. The minimum absolute atomic E-state index is 0.170. The topological polar surface area (TPSA) is 68.0 Å². The van der Waals surface area contributed by atoms with Crippen LogP contribution >= 0.6 is 0 Å². The van der Waals surface area contributed by atoms with Crippen molar-refractivity contribution in [1.29, 1.82) is 0 Å². The van der Waals surface area contributed by atoms with Crippen LogP contribution in [-0.4, -0.2) is 16.0 Å². The van der Waals surface area contributed by atoms with Gasteiger partial charge in [-0.3, -0.25) is 4.79 Å². The first-order valence-electron chi connectivity index (χ1n) is 5.66. The van der Waals surface area contributed by atoms with E-state index < -0.39 is 0 Å². The van der Waals surface area contributed by atoms with Crippen LogP contribution in [0.1, 0.15) is 37.0 Å². The highest BCUT2D eigenvalue weighted by Crippen LogP contribution is 2.22. The quantitative estimate of drug-likeness (QED) is 0.883. The number of anilines is 1. The van der Waals surface area contributed by atoms with Gasteiger partial charge in [0, 0.05) is 17.7 Å². The van der Waals surface area contributed by atoms with Gasteiger partial charge in [0.2, 0.25) is 0 Å². The average Bonchev–Trinajstić information content (AvgIpc) is 2.79. The molecule has 0 bridgehead atoms. The third kappa shape index (κ3) is 2.74. The number of rotatable bonds is 2. The summed E-state index contributed by atoms with van der Waals surface area (Å²) in [4.78, 5) is 15.9. The number of hydrogen-bond donors (Lipinski definition) is 1. The zero-order valence-electron chi connectivity index (χ0n) is 10.6. The van der Waals surface area contributed by atoms with Crippen LogP contribution in [0.2, 0.25) is 0 Å². The zero-order valence-corrected chi connectivity index (χ0v) is 10.6. The Morgan fingerprint density at radius 2 is 2.11 bits per heavy atom. The molecule has 0 saturated carbocycles. The van der Waals surface area contributed by atoms with E-state index in [1.807, 2.05) is 20.8 Å². The van der Waals surface area contributed by atoms with Gasteiger partial charge in [0.15, 0.2) is 5.69 Å². The van der Waals surface area contributed by atoms with Crippen LogP contribution in [0.5, 0.6) is 0 Å². The molecule has 5 heteroatoms. The van der Waals surface area contributed by atoms with Gasteiger partial charge in [0.25, 0.3) is 5.91 Å². The molecule has 18 heavy (non-hydrogen) atoms. The maximum atomic E-state index is 11.9. The molecule has 0 aliphatic carbocycles. The average molecular weight is 245 g/mol. The molecule has 0 atom stereocenters. The molecule has 0 saturated heterocycles. The van der Waals surface area contributed by atoms with Crippen molar-refractivity contribution in [2.45, 2.75) is 26.2 Å². The van der Waals surface area contributed by atoms with Gasteiger partial charge in [0.05, 0.1) is 0 Å². The molecule has 0 aliphatic heterocycles. The minimum atomic E-state index is -0.326. The molecular formula is C13H15N3O2. The molecule has 1 N–H and O–H groups in total. The molecule has 2 aromatic heterocycles. The smallest absolute Gasteiger partial charge is 0.279 e. The van der Waals surface area contributed by atoms with E-state index in [0.29, 0.717) is 11.6 Å². The monoisotopic (exact) mass is 245 g/mol. The van der Waals surface area contributed by atoms with Crippen LogP contribution in [0, 0.1) is 0 Å². The number of carbonyl (C=O) groups excluding carboxylic acids is 1. The van der Waals surface area contributed by atoms with Crippen LogP contribution in [0.25, 0.3) is 0 Å². The number of nitrogens with one attached hydrogen (secondary N) is 1. The van der Waals surface area contributed by atoms with Crippen molar-refractivity contribution in [2.75, 3.05) is 5.32 Å². The number of carbonyl (C=O) groups is 1. The lowest BCUT2D eigenvalue weighted by Crippen LogP contribution is -2.13. The summed E-state index contributed by atoms with van der Waals surface area (Å²) in [7, 11) is 0. The minimum Gasteiger partial charge on any atom is -0.360 e. The first-order chi connectivity index (χ1) is 8.47. The normalized spacial score (nSPS) is 11.3. The number of amides is 1. The lowest BCUT2D eigenvalue weighted by atomic mass is 9.93. The van der Waals surface area contributed by atoms with Gasteiger partial charge >= 0.3 is 0 Å². The summed E-state index contributed by atoms with van der Waals surface area (Å²) in [6, 6.07) is 6.94. The van der Waals surface area contributed by atoms with Crippen molar-refractivity contribution in [2.24, 2.45) is 0 Å². The van der Waals surface area contributed by atoms with Crippen LogP contribution < -0.4 is 5.32 Å². The fourth-order valence-corrected chi connectivity index (χ4v) is 1.35. The highest BCUT2D eigenvalue weighted by atomic mass is 16.5. The Balaban J connectivity index is 2.13. The van der Waals surface area contributed by atoms with Gasteiger partial charge in [0.1, 0.15) is 11.6 Å². The fourth-order valence-electron chi connectivity index (χ4n) is 1.35. The molecule has 0 fully saturated rings. The molecule has 0 aliphatic rings. The van der Waals surface area contributed by atoms with Gasteiger partial charge in [-0.2, -0.15) is 0 Å². The lowest BCUT2D eigenvalue weighted by molar-refractivity contribution is 0.101. The second kappa shape index (κ2) is 4.60. The molecular weight excluding hydrogens is 230 g/mol. The highest BCUT2D eigenvalue weighted by Gasteiger charge is 2.22. The number of aromatic nitrogens is 2. The highest BCUT2D eigenvalue weighted by molar-refractivity contribution is 6.02. The number of nitrogens with zero attached hydrogens (tertiary/aromatic N) is 2. The Bertz CT molecular complexity index is 541. The Hall–Kier alpha value is -2.17. The predicted octanol–water partition coefficient (Wildman–Crippen LogP) is 2.62. The second-order valence-electron chi connectivity index (χ2n) is 5.00. The summed E-state index contributed by atoms with van der Waals surface area (Å²) < 4.78 is 5.16. The van der Waals surface area contributed by atoms with E-state index in [0.717, 1.165) is 0 Å². The summed E-state index contributed by atoms with van der Waals surface area (Å²) in [6.07, 6.45) is 1.61. The van der Waals surface area contributed by atoms with E-state index in [9.17, 15) is 4.79 Å². The van der Waals surface area contributed by atoms with Crippen molar-refractivity contribution in [3.63, 3.8) is 0 Å². The largest absolute Gasteiger partial charge is 0.360 e. The Kier molecular flexibility index (Phi) is 3.14. The van der Waals surface area contributed by atoms with Gasteiger partial charge in [-0.05, 0) is 12.1 Å². The first-order valence-corrected chi connectivity index (χ1v) is 5.66. The summed E-state index contributed by atoms with van der Waals surface area (Å²) in [5.74, 6) is 0.837. The molecule has 5 nitrogen and oxygen atoms in total. The third-order valence-electron chi connectivity index (χ3n) is 2.39. The number of hydrogen-bond acceptors (Lipinski definition) is 4. The summed E-state index contributed by atoms with van der Waals surface area (Å²) in [5.41, 5.74) is 0.0851. The summed E-state index contributed by atoms with van der Waals surface area (Å²) in [6.45, 7) is 5.98. The second-order valence-corrected chi connectivity index (χ2v) is 5.00. The van der Waals surface area contributed by atoms with Gasteiger partial charge in [-0.1, -0.05) is 32.0 Å². The SMILES string of the molecule is CC(C)(C)c1cc(C(=O)Nc2ccccn2)no1. The van der Waals surface area contributed by atoms with E-state index in [1.54, 1.807) is 30.5 Å². The lowest BCUT2D eigenvalue weighted by Gasteiger charge is -2.12. The molecule has 94 valence electrons. The van der Waals surface area contributed by atoms with E-state index in [2.05, 4.69) is 15.5 Å². The van der Waals surface area contributed by atoms with Crippen molar-refractivity contribution in [1.82, 2.24) is 10.1 Å². The van der Waals surface area contributed by atoms with E-state index >= 15 is 0 Å². The molecule has 0 aromatic carbocycles. The molecule has 0 radical (unpaired) electrons. The first kappa shape index (κ1) is 12.3. The molecule has 0 unspecified atom stereocenters. The van der Waals surface area contributed by atoms with Crippen LogP contribution in [-0.2, 0) is 5.41 Å². The standard InChI is InChI=1S/C13H15N3O2/c1-13(2,3)10-8-9(16-18-10)12(17)15-11-6-4-5-7-14-11/h4-8H,1-3H3,(H,14,15,17). The molecule has 0 spiro atoms. The van der Waals surface area contributed by atoms with Crippen LogP contribution in [0.3, 0.4) is 0 Å². The van der Waals surface area contributed by atoms with Gasteiger partial charge in [-0.15, -0.1) is 0 Å². The van der Waals surface area contributed by atoms with E-state index in [-0.39, 0.29) is 17.0 Å². The van der Waals surface area contributed by atoms with Crippen molar-refractivity contribution < 1.29 is 9.32 Å². The Morgan fingerprint density at radius 1 is 1.33 bits per heavy atom. The predicted molar refractivity (Wildman–Crippen MR) is 67.4 cm³/mol.